The molecule has 1 heterocycles. The molecule has 0 bridgehead atoms. The van der Waals surface area contributed by atoms with Crippen LogP contribution in [0.5, 0.6) is 0 Å². The zero-order valence-corrected chi connectivity index (χ0v) is 13.3. The molecule has 110 valence electrons. The van der Waals surface area contributed by atoms with Crippen molar-refractivity contribution in [1.29, 1.82) is 0 Å². The molecule has 0 aliphatic rings. The highest BCUT2D eigenvalue weighted by molar-refractivity contribution is 7.12. The second kappa shape index (κ2) is 6.47. The van der Waals surface area contributed by atoms with Crippen LogP contribution < -0.4 is 5.32 Å². The Morgan fingerprint density at radius 1 is 1.29 bits per heavy atom. The largest absolute Gasteiger partial charge is 0.477 e. The maximum atomic E-state index is 12.1. The topological polar surface area (TPSA) is 66.4 Å². The number of rotatable bonds is 4. The maximum Gasteiger partial charge on any atom is 0.348 e. The van der Waals surface area contributed by atoms with E-state index in [2.05, 4.69) is 5.32 Å². The van der Waals surface area contributed by atoms with Gasteiger partial charge >= 0.3 is 5.97 Å². The molecule has 0 unspecified atom stereocenters. The minimum absolute atomic E-state index is 0.0210. The molecule has 4 nitrogen and oxygen atoms in total. The second-order valence-electron chi connectivity index (χ2n) is 4.35. The van der Waals surface area contributed by atoms with Gasteiger partial charge in [0, 0.05) is 10.0 Å². The summed E-state index contributed by atoms with van der Waals surface area (Å²) in [6, 6.07) is 4.99. The summed E-state index contributed by atoms with van der Waals surface area (Å²) in [7, 11) is 0. The molecular formula is C14H11Cl2NO3S. The lowest BCUT2D eigenvalue weighted by Gasteiger charge is -2.09. The average molecular weight is 344 g/mol. The smallest absolute Gasteiger partial charge is 0.348 e. The molecule has 0 fully saturated rings. The van der Waals surface area contributed by atoms with Gasteiger partial charge in [-0.25, -0.2) is 4.79 Å². The van der Waals surface area contributed by atoms with Crippen molar-refractivity contribution in [3.63, 3.8) is 0 Å². The standard InChI is InChI=1S/C14H11Cl2NO3S/c1-7-6-21-13(14(19)20)12(7)17-11(18)5-8-9(15)3-2-4-10(8)16/h2-4,6H,5H2,1H3,(H,17,18)(H,19,20). The Balaban J connectivity index is 2.20. The quantitative estimate of drug-likeness (QED) is 0.872. The van der Waals surface area contributed by atoms with Gasteiger partial charge in [-0.15, -0.1) is 11.3 Å². The fourth-order valence-electron chi connectivity index (χ4n) is 1.80. The van der Waals surface area contributed by atoms with Crippen LogP contribution >= 0.6 is 34.5 Å². The average Bonchev–Trinajstić information content (AvgIpc) is 2.76. The zero-order chi connectivity index (χ0) is 15.6. The van der Waals surface area contributed by atoms with Gasteiger partial charge in [0.1, 0.15) is 4.88 Å². The number of hydrogen-bond acceptors (Lipinski definition) is 3. The molecule has 21 heavy (non-hydrogen) atoms. The molecule has 1 aromatic heterocycles. The van der Waals surface area contributed by atoms with E-state index in [1.54, 1.807) is 30.5 Å². The summed E-state index contributed by atoms with van der Waals surface area (Å²) >= 11 is 13.1. The second-order valence-corrected chi connectivity index (χ2v) is 6.05. The molecule has 2 N–H and O–H groups in total. The first-order valence-electron chi connectivity index (χ1n) is 5.94. The van der Waals surface area contributed by atoms with Gasteiger partial charge < -0.3 is 10.4 Å². The lowest BCUT2D eigenvalue weighted by atomic mass is 10.1. The highest BCUT2D eigenvalue weighted by atomic mass is 35.5. The zero-order valence-electron chi connectivity index (χ0n) is 10.9. The van der Waals surface area contributed by atoms with Crippen molar-refractivity contribution in [2.24, 2.45) is 0 Å². The predicted octanol–water partition coefficient (Wildman–Crippen LogP) is 4.24. The number of benzene rings is 1. The maximum absolute atomic E-state index is 12.1. The van der Waals surface area contributed by atoms with Gasteiger partial charge in [0.25, 0.3) is 0 Å². The summed E-state index contributed by atoms with van der Waals surface area (Å²) in [5.41, 5.74) is 1.54. The number of anilines is 1. The number of carbonyl (C=O) groups is 2. The summed E-state index contributed by atoms with van der Waals surface area (Å²) in [6.07, 6.45) is -0.0210. The first kappa shape index (κ1) is 15.8. The van der Waals surface area contributed by atoms with Crippen LogP contribution in [0.15, 0.2) is 23.6 Å². The molecule has 0 saturated heterocycles. The van der Waals surface area contributed by atoms with E-state index in [1.807, 2.05) is 0 Å². The number of amides is 1. The van der Waals surface area contributed by atoms with Crippen LogP contribution in [0.2, 0.25) is 10.0 Å². The number of halogens is 2. The number of carboxylic acid groups (broad SMARTS) is 1. The number of thiophene rings is 1. The van der Waals surface area contributed by atoms with Gasteiger partial charge in [0.05, 0.1) is 12.1 Å². The highest BCUT2D eigenvalue weighted by Gasteiger charge is 2.18. The third kappa shape index (κ3) is 3.56. The monoisotopic (exact) mass is 343 g/mol. The van der Waals surface area contributed by atoms with Crippen LogP contribution in [0.1, 0.15) is 20.8 Å². The van der Waals surface area contributed by atoms with Gasteiger partial charge in [-0.2, -0.15) is 0 Å². The Morgan fingerprint density at radius 3 is 2.48 bits per heavy atom. The Bertz CT molecular complexity index is 692. The lowest BCUT2D eigenvalue weighted by Crippen LogP contribution is -2.16. The number of hydrogen-bond donors (Lipinski definition) is 2. The van der Waals surface area contributed by atoms with E-state index in [0.29, 0.717) is 26.9 Å². The Kier molecular flexibility index (Phi) is 4.88. The van der Waals surface area contributed by atoms with E-state index in [-0.39, 0.29) is 17.2 Å². The molecule has 1 amide bonds. The molecular weight excluding hydrogens is 333 g/mol. The van der Waals surface area contributed by atoms with Crippen molar-refractivity contribution in [2.75, 3.05) is 5.32 Å². The van der Waals surface area contributed by atoms with Gasteiger partial charge in [-0.05, 0) is 35.6 Å². The number of carboxylic acids is 1. The molecule has 0 aliphatic heterocycles. The molecule has 0 radical (unpaired) electrons. The van der Waals surface area contributed by atoms with Crippen LogP contribution in [-0.2, 0) is 11.2 Å². The van der Waals surface area contributed by atoms with Crippen molar-refractivity contribution in [2.45, 2.75) is 13.3 Å². The van der Waals surface area contributed by atoms with E-state index >= 15 is 0 Å². The van der Waals surface area contributed by atoms with Gasteiger partial charge in [0.2, 0.25) is 5.91 Å². The number of carbonyl (C=O) groups excluding carboxylic acids is 1. The first-order valence-corrected chi connectivity index (χ1v) is 7.58. The minimum Gasteiger partial charge on any atom is -0.477 e. The van der Waals surface area contributed by atoms with Gasteiger partial charge in [0.15, 0.2) is 0 Å². The molecule has 0 atom stereocenters. The van der Waals surface area contributed by atoms with E-state index in [4.69, 9.17) is 28.3 Å². The summed E-state index contributed by atoms with van der Waals surface area (Å²) in [5.74, 6) is -1.44. The van der Waals surface area contributed by atoms with E-state index < -0.39 is 5.97 Å². The minimum atomic E-state index is -1.07. The van der Waals surface area contributed by atoms with Crippen molar-refractivity contribution in [3.05, 3.63) is 49.6 Å². The van der Waals surface area contributed by atoms with E-state index in [9.17, 15) is 9.59 Å². The van der Waals surface area contributed by atoms with Crippen molar-refractivity contribution < 1.29 is 14.7 Å². The number of nitrogens with one attached hydrogen (secondary N) is 1. The van der Waals surface area contributed by atoms with E-state index in [1.165, 1.54) is 0 Å². The van der Waals surface area contributed by atoms with Gasteiger partial charge in [-0.3, -0.25) is 4.79 Å². The van der Waals surface area contributed by atoms with Crippen LogP contribution in [0.25, 0.3) is 0 Å². The molecule has 1 aromatic carbocycles. The highest BCUT2D eigenvalue weighted by Crippen LogP contribution is 2.29. The first-order chi connectivity index (χ1) is 9.90. The molecule has 0 saturated carbocycles. The fraction of sp³-hybridized carbons (Fsp3) is 0.143. The third-order valence-electron chi connectivity index (χ3n) is 2.83. The Morgan fingerprint density at radius 2 is 1.90 bits per heavy atom. The normalized spacial score (nSPS) is 10.4. The van der Waals surface area contributed by atoms with Gasteiger partial charge in [-0.1, -0.05) is 29.3 Å². The number of aryl methyl sites for hydroxylation is 1. The van der Waals surface area contributed by atoms with Crippen LogP contribution in [-0.4, -0.2) is 17.0 Å². The molecule has 7 heteroatoms. The van der Waals surface area contributed by atoms with Crippen molar-refractivity contribution in [3.8, 4) is 0 Å². The van der Waals surface area contributed by atoms with Crippen LogP contribution in [0.3, 0.4) is 0 Å². The molecule has 2 rings (SSSR count). The Hall–Kier alpha value is -1.56. The predicted molar refractivity (Wildman–Crippen MR) is 84.8 cm³/mol. The fourth-order valence-corrected chi connectivity index (χ4v) is 3.18. The summed E-state index contributed by atoms with van der Waals surface area (Å²) in [5, 5.41) is 14.2. The van der Waals surface area contributed by atoms with Crippen LogP contribution in [0, 0.1) is 6.92 Å². The lowest BCUT2D eigenvalue weighted by molar-refractivity contribution is -0.115. The van der Waals surface area contributed by atoms with Crippen molar-refractivity contribution in [1.82, 2.24) is 0 Å². The summed E-state index contributed by atoms with van der Waals surface area (Å²) in [4.78, 5) is 23.3. The van der Waals surface area contributed by atoms with E-state index in [0.717, 1.165) is 11.3 Å². The molecule has 2 aromatic rings. The third-order valence-corrected chi connectivity index (χ3v) is 4.63. The Labute approximate surface area is 135 Å². The van der Waals surface area contributed by atoms with Crippen LogP contribution in [0.4, 0.5) is 5.69 Å². The molecule has 0 spiro atoms. The number of aromatic carboxylic acids is 1. The molecule has 0 aliphatic carbocycles. The summed E-state index contributed by atoms with van der Waals surface area (Å²) in [6.45, 7) is 1.74. The summed E-state index contributed by atoms with van der Waals surface area (Å²) < 4.78 is 0. The van der Waals surface area contributed by atoms with Crippen molar-refractivity contribution >= 4 is 52.1 Å². The SMILES string of the molecule is Cc1csc(C(=O)O)c1NC(=O)Cc1c(Cl)cccc1Cl.